The Kier molecular flexibility index (Phi) is 3.62. The Hall–Kier alpha value is -0.680. The minimum atomic E-state index is -0.154. The van der Waals surface area contributed by atoms with Gasteiger partial charge in [0, 0.05) is 13.5 Å². The molecule has 0 saturated carbocycles. The number of aromatic nitrogens is 2. The summed E-state index contributed by atoms with van der Waals surface area (Å²) in [5.74, 6) is 0.681. The molecule has 1 aromatic heterocycles. The molecular weight excluding hydrogens is 236 g/mol. The Bertz CT molecular complexity index is 348. The van der Waals surface area contributed by atoms with Crippen LogP contribution in [0.25, 0.3) is 0 Å². The molecule has 0 aliphatic carbocycles. The highest BCUT2D eigenvalue weighted by Gasteiger charge is 2.07. The van der Waals surface area contributed by atoms with Crippen molar-refractivity contribution in [3.05, 3.63) is 26.3 Å². The number of ether oxygens (including phenoxy) is 1. The van der Waals surface area contributed by atoms with Gasteiger partial charge < -0.3 is 9.72 Å². The third kappa shape index (κ3) is 2.38. The quantitative estimate of drug-likeness (QED) is 0.874. The second-order valence-corrected chi connectivity index (χ2v) is 3.35. The van der Waals surface area contributed by atoms with Crippen molar-refractivity contribution < 1.29 is 4.74 Å². The third-order valence-electron chi connectivity index (χ3n) is 1.60. The maximum absolute atomic E-state index is 11.3. The molecule has 0 bridgehead atoms. The van der Waals surface area contributed by atoms with Crippen LogP contribution >= 0.6 is 15.9 Å². The molecule has 0 saturated heterocycles. The van der Waals surface area contributed by atoms with E-state index in [1.807, 2.05) is 6.92 Å². The summed E-state index contributed by atoms with van der Waals surface area (Å²) in [4.78, 5) is 18.2. The molecule has 4 nitrogen and oxygen atoms in total. The van der Waals surface area contributed by atoms with Crippen LogP contribution in [0.3, 0.4) is 0 Å². The molecule has 0 amide bonds. The van der Waals surface area contributed by atoms with Gasteiger partial charge in [0.05, 0.1) is 12.3 Å². The molecular formula is C8H11BrN2O2. The van der Waals surface area contributed by atoms with Crippen LogP contribution in [0, 0.1) is 0 Å². The number of H-pyrrole nitrogens is 1. The maximum Gasteiger partial charge on any atom is 0.265 e. The molecule has 1 aromatic rings. The van der Waals surface area contributed by atoms with E-state index in [9.17, 15) is 4.79 Å². The van der Waals surface area contributed by atoms with Crippen molar-refractivity contribution in [3.8, 4) is 0 Å². The number of hydrogen-bond donors (Lipinski definition) is 1. The van der Waals surface area contributed by atoms with E-state index in [-0.39, 0.29) is 5.56 Å². The summed E-state index contributed by atoms with van der Waals surface area (Å²) in [5, 5.41) is 0. The van der Waals surface area contributed by atoms with E-state index >= 15 is 0 Å². The summed E-state index contributed by atoms with van der Waals surface area (Å²) in [6.45, 7) is 2.28. The van der Waals surface area contributed by atoms with Gasteiger partial charge in [-0.2, -0.15) is 0 Å². The van der Waals surface area contributed by atoms with Gasteiger partial charge in [0.15, 0.2) is 0 Å². The molecule has 1 heterocycles. The molecule has 13 heavy (non-hydrogen) atoms. The fourth-order valence-corrected chi connectivity index (χ4v) is 1.26. The van der Waals surface area contributed by atoms with Crippen LogP contribution in [0.4, 0.5) is 0 Å². The average Bonchev–Trinajstić information content (AvgIpc) is 2.13. The Morgan fingerprint density at radius 2 is 2.31 bits per heavy atom. The third-order valence-corrected chi connectivity index (χ3v) is 2.41. The first kappa shape index (κ1) is 10.4. The number of rotatable bonds is 3. The summed E-state index contributed by atoms with van der Waals surface area (Å²) in [6.07, 6.45) is 0.708. The molecule has 72 valence electrons. The van der Waals surface area contributed by atoms with E-state index in [0.29, 0.717) is 29.0 Å². The Labute approximate surface area is 84.5 Å². The molecule has 5 heteroatoms. The second-order valence-electron chi connectivity index (χ2n) is 2.56. The molecule has 0 spiro atoms. The van der Waals surface area contributed by atoms with Crippen molar-refractivity contribution in [2.75, 3.05) is 7.11 Å². The number of halogens is 1. The van der Waals surface area contributed by atoms with E-state index in [2.05, 4.69) is 25.9 Å². The van der Waals surface area contributed by atoms with Crippen LogP contribution in [0.15, 0.2) is 9.27 Å². The van der Waals surface area contributed by atoms with Crippen LogP contribution in [-0.2, 0) is 17.8 Å². The van der Waals surface area contributed by atoms with Crippen molar-refractivity contribution in [2.45, 2.75) is 20.0 Å². The van der Waals surface area contributed by atoms with E-state index in [4.69, 9.17) is 4.74 Å². The highest BCUT2D eigenvalue weighted by atomic mass is 79.9. The summed E-state index contributed by atoms with van der Waals surface area (Å²) in [7, 11) is 1.57. The summed E-state index contributed by atoms with van der Waals surface area (Å²) in [6, 6.07) is 0. The molecule has 0 unspecified atom stereocenters. The van der Waals surface area contributed by atoms with Gasteiger partial charge in [-0.15, -0.1) is 0 Å². The molecule has 1 N–H and O–H groups in total. The van der Waals surface area contributed by atoms with Crippen molar-refractivity contribution in [1.82, 2.24) is 9.97 Å². The summed E-state index contributed by atoms with van der Waals surface area (Å²) in [5.41, 5.74) is 0.488. The topological polar surface area (TPSA) is 55.0 Å². The van der Waals surface area contributed by atoms with E-state index in [0.717, 1.165) is 0 Å². The van der Waals surface area contributed by atoms with Crippen LogP contribution in [-0.4, -0.2) is 17.1 Å². The lowest BCUT2D eigenvalue weighted by molar-refractivity contribution is 0.180. The van der Waals surface area contributed by atoms with Crippen LogP contribution < -0.4 is 5.56 Å². The van der Waals surface area contributed by atoms with Gasteiger partial charge in [0.1, 0.15) is 10.3 Å². The van der Waals surface area contributed by atoms with Crippen molar-refractivity contribution in [1.29, 1.82) is 0 Å². The Morgan fingerprint density at radius 1 is 1.62 bits per heavy atom. The highest BCUT2D eigenvalue weighted by Crippen LogP contribution is 2.09. The van der Waals surface area contributed by atoms with Crippen molar-refractivity contribution in [3.63, 3.8) is 0 Å². The molecule has 1 rings (SSSR count). The predicted octanol–water partition coefficient (Wildman–Crippen LogP) is 1.24. The molecule has 0 atom stereocenters. The fourth-order valence-electron chi connectivity index (χ4n) is 0.957. The standard InChI is InChI=1S/C8H11BrN2O2/c1-3-6-10-5(4-13-2)7(9)8(12)11-6/h3-4H2,1-2H3,(H,10,11,12). The molecule has 0 radical (unpaired) electrons. The summed E-state index contributed by atoms with van der Waals surface area (Å²) < 4.78 is 5.37. The van der Waals surface area contributed by atoms with E-state index in [1.54, 1.807) is 7.11 Å². The second kappa shape index (κ2) is 4.53. The first-order valence-electron chi connectivity index (χ1n) is 3.95. The molecule has 0 aromatic carbocycles. The minimum Gasteiger partial charge on any atom is -0.378 e. The minimum absolute atomic E-state index is 0.154. The lowest BCUT2D eigenvalue weighted by Gasteiger charge is -2.03. The monoisotopic (exact) mass is 246 g/mol. The average molecular weight is 247 g/mol. The molecule has 0 fully saturated rings. The van der Waals surface area contributed by atoms with Crippen molar-refractivity contribution >= 4 is 15.9 Å². The highest BCUT2D eigenvalue weighted by molar-refractivity contribution is 9.10. The van der Waals surface area contributed by atoms with Gasteiger partial charge >= 0.3 is 0 Å². The van der Waals surface area contributed by atoms with E-state index < -0.39 is 0 Å². The summed E-state index contributed by atoms with van der Waals surface area (Å²) >= 11 is 3.16. The number of aromatic amines is 1. The molecule has 0 aliphatic heterocycles. The van der Waals surface area contributed by atoms with E-state index in [1.165, 1.54) is 0 Å². The van der Waals surface area contributed by atoms with Crippen LogP contribution in [0.1, 0.15) is 18.4 Å². The lowest BCUT2D eigenvalue weighted by Crippen LogP contribution is -2.15. The number of nitrogens with one attached hydrogen (secondary N) is 1. The van der Waals surface area contributed by atoms with Crippen LogP contribution in [0.2, 0.25) is 0 Å². The lowest BCUT2D eigenvalue weighted by atomic mass is 10.4. The van der Waals surface area contributed by atoms with Gasteiger partial charge in [-0.1, -0.05) is 6.92 Å². The first-order chi connectivity index (χ1) is 6.19. The maximum atomic E-state index is 11.3. The molecule has 0 aliphatic rings. The van der Waals surface area contributed by atoms with Crippen LogP contribution in [0.5, 0.6) is 0 Å². The number of hydrogen-bond acceptors (Lipinski definition) is 3. The number of nitrogens with zero attached hydrogens (tertiary/aromatic N) is 1. The predicted molar refractivity (Wildman–Crippen MR) is 52.6 cm³/mol. The largest absolute Gasteiger partial charge is 0.378 e. The van der Waals surface area contributed by atoms with Gasteiger partial charge in [-0.05, 0) is 15.9 Å². The number of methoxy groups -OCH3 is 1. The Morgan fingerprint density at radius 3 is 2.85 bits per heavy atom. The van der Waals surface area contributed by atoms with Gasteiger partial charge in [0.2, 0.25) is 0 Å². The fraction of sp³-hybridized carbons (Fsp3) is 0.500. The number of aryl methyl sites for hydroxylation is 1. The van der Waals surface area contributed by atoms with Gasteiger partial charge in [-0.3, -0.25) is 4.79 Å². The first-order valence-corrected chi connectivity index (χ1v) is 4.74. The zero-order valence-corrected chi connectivity index (χ0v) is 9.14. The van der Waals surface area contributed by atoms with Crippen molar-refractivity contribution in [2.24, 2.45) is 0 Å². The van der Waals surface area contributed by atoms with Gasteiger partial charge in [-0.25, -0.2) is 4.98 Å². The normalized spacial score (nSPS) is 10.4. The smallest absolute Gasteiger partial charge is 0.265 e. The SMILES string of the molecule is CCc1nc(COC)c(Br)c(=O)[nH]1. The van der Waals surface area contributed by atoms with Gasteiger partial charge in [0.25, 0.3) is 5.56 Å². The zero-order chi connectivity index (χ0) is 9.84. The Balaban J connectivity index is 3.17. The zero-order valence-electron chi connectivity index (χ0n) is 7.56.